The predicted molar refractivity (Wildman–Crippen MR) is 74.9 cm³/mol. The molecule has 0 saturated heterocycles. The van der Waals surface area contributed by atoms with Crippen molar-refractivity contribution in [3.05, 3.63) is 29.6 Å². The molecule has 0 radical (unpaired) electrons. The second kappa shape index (κ2) is 6.35. The minimum absolute atomic E-state index is 0.280. The number of nitrogens with one attached hydrogen (secondary N) is 2. The van der Waals surface area contributed by atoms with E-state index in [0.29, 0.717) is 24.3 Å². The van der Waals surface area contributed by atoms with Crippen LogP contribution in [0, 0.1) is 11.2 Å². The van der Waals surface area contributed by atoms with Gasteiger partial charge < -0.3 is 15.4 Å². The van der Waals surface area contributed by atoms with Crippen LogP contribution in [0.3, 0.4) is 0 Å². The number of ether oxygens (including phenoxy) is 1. The summed E-state index contributed by atoms with van der Waals surface area (Å²) in [7, 11) is 1.99. The highest BCUT2D eigenvalue weighted by atomic mass is 19.1. The molecule has 0 heterocycles. The Kier molecular flexibility index (Phi) is 4.77. The monoisotopic (exact) mass is 266 g/mol. The summed E-state index contributed by atoms with van der Waals surface area (Å²) in [6, 6.07) is 5.17. The maximum atomic E-state index is 13.7. The van der Waals surface area contributed by atoms with Crippen molar-refractivity contribution in [1.29, 1.82) is 0 Å². The van der Waals surface area contributed by atoms with E-state index in [4.69, 9.17) is 4.74 Å². The van der Waals surface area contributed by atoms with Gasteiger partial charge in [-0.1, -0.05) is 6.07 Å². The van der Waals surface area contributed by atoms with Gasteiger partial charge in [-0.2, -0.15) is 0 Å². The summed E-state index contributed by atoms with van der Waals surface area (Å²) in [4.78, 5) is 0. The zero-order valence-corrected chi connectivity index (χ0v) is 11.8. The van der Waals surface area contributed by atoms with Gasteiger partial charge >= 0.3 is 0 Å². The second-order valence-electron chi connectivity index (χ2n) is 5.33. The lowest BCUT2D eigenvalue weighted by atomic mass is 10.1. The van der Waals surface area contributed by atoms with Crippen LogP contribution < -0.4 is 15.4 Å². The summed E-state index contributed by atoms with van der Waals surface area (Å²) in [5.74, 6) is 0.0533. The molecule has 1 aliphatic carbocycles. The summed E-state index contributed by atoms with van der Waals surface area (Å²) in [5, 5.41) is 6.65. The third-order valence-electron chi connectivity index (χ3n) is 3.63. The average Bonchev–Trinajstić information content (AvgIpc) is 3.13. The van der Waals surface area contributed by atoms with Crippen LogP contribution >= 0.6 is 0 Å². The summed E-state index contributed by atoms with van der Waals surface area (Å²) in [6.45, 7) is 5.09. The van der Waals surface area contributed by atoms with Crippen molar-refractivity contribution in [3.8, 4) is 5.75 Å². The Morgan fingerprint density at radius 2 is 2.11 bits per heavy atom. The minimum Gasteiger partial charge on any atom is -0.491 e. The van der Waals surface area contributed by atoms with Gasteiger partial charge in [-0.3, -0.25) is 0 Å². The molecule has 1 saturated carbocycles. The fourth-order valence-electron chi connectivity index (χ4n) is 2.37. The molecular formula is C15H23FN2O. The zero-order chi connectivity index (χ0) is 13.7. The van der Waals surface area contributed by atoms with Crippen molar-refractivity contribution in [1.82, 2.24) is 10.6 Å². The number of halogens is 1. The molecule has 2 N–H and O–H groups in total. The molecule has 0 amide bonds. The molecule has 19 heavy (non-hydrogen) atoms. The molecule has 1 fully saturated rings. The van der Waals surface area contributed by atoms with Crippen molar-refractivity contribution in [3.63, 3.8) is 0 Å². The highest BCUT2D eigenvalue weighted by Crippen LogP contribution is 2.44. The van der Waals surface area contributed by atoms with Gasteiger partial charge in [0.25, 0.3) is 0 Å². The van der Waals surface area contributed by atoms with Gasteiger partial charge in [0.05, 0.1) is 6.61 Å². The normalized spacial score (nSPS) is 16.4. The molecule has 1 aliphatic rings. The Morgan fingerprint density at radius 1 is 1.32 bits per heavy atom. The van der Waals surface area contributed by atoms with Gasteiger partial charge in [0.2, 0.25) is 0 Å². The molecule has 0 atom stereocenters. The van der Waals surface area contributed by atoms with Crippen LogP contribution in [0.2, 0.25) is 0 Å². The van der Waals surface area contributed by atoms with Crippen LogP contribution in [0.15, 0.2) is 18.2 Å². The third-order valence-corrected chi connectivity index (χ3v) is 3.63. The first-order chi connectivity index (χ1) is 9.19. The number of hydrogen-bond donors (Lipinski definition) is 2. The molecule has 3 nitrogen and oxygen atoms in total. The Labute approximate surface area is 114 Å². The Bertz CT molecular complexity index is 419. The van der Waals surface area contributed by atoms with Gasteiger partial charge in [-0.25, -0.2) is 4.39 Å². The maximum absolute atomic E-state index is 13.7. The zero-order valence-electron chi connectivity index (χ0n) is 11.8. The smallest absolute Gasteiger partial charge is 0.165 e. The van der Waals surface area contributed by atoms with E-state index in [1.807, 2.05) is 20.0 Å². The van der Waals surface area contributed by atoms with Crippen molar-refractivity contribution in [2.45, 2.75) is 26.3 Å². The van der Waals surface area contributed by atoms with E-state index in [0.717, 1.165) is 18.7 Å². The number of hydrogen-bond acceptors (Lipinski definition) is 3. The SMILES string of the molecule is CCOc1ccc(CNCC2(CNC)CC2)cc1F. The lowest BCUT2D eigenvalue weighted by molar-refractivity contribution is 0.321. The average molecular weight is 266 g/mol. The second-order valence-corrected chi connectivity index (χ2v) is 5.33. The van der Waals surface area contributed by atoms with Gasteiger partial charge in [0.15, 0.2) is 11.6 Å². The Balaban J connectivity index is 1.81. The standard InChI is InChI=1S/C15H23FN2O/c1-3-19-14-5-4-12(8-13(14)16)9-18-11-15(6-7-15)10-17-2/h4-5,8,17-18H,3,6-7,9-11H2,1-2H3. The molecule has 0 spiro atoms. The lowest BCUT2D eigenvalue weighted by Gasteiger charge is -2.15. The molecule has 0 unspecified atom stereocenters. The maximum Gasteiger partial charge on any atom is 0.165 e. The van der Waals surface area contributed by atoms with Crippen LogP contribution in [0.1, 0.15) is 25.3 Å². The fraction of sp³-hybridized carbons (Fsp3) is 0.600. The fourth-order valence-corrected chi connectivity index (χ4v) is 2.37. The van der Waals surface area contributed by atoms with E-state index in [2.05, 4.69) is 10.6 Å². The highest BCUT2D eigenvalue weighted by molar-refractivity contribution is 5.29. The van der Waals surface area contributed by atoms with Crippen molar-refractivity contribution in [2.24, 2.45) is 5.41 Å². The molecule has 2 rings (SSSR count). The molecule has 106 valence electrons. The summed E-state index contributed by atoms with van der Waals surface area (Å²) in [5.41, 5.74) is 1.39. The van der Waals surface area contributed by atoms with Crippen molar-refractivity contribution in [2.75, 3.05) is 26.7 Å². The van der Waals surface area contributed by atoms with Crippen LogP contribution in [0.25, 0.3) is 0 Å². The number of benzene rings is 1. The van der Waals surface area contributed by atoms with Gasteiger partial charge in [-0.05, 0) is 49.9 Å². The van der Waals surface area contributed by atoms with E-state index in [-0.39, 0.29) is 5.82 Å². The quantitative estimate of drug-likeness (QED) is 0.757. The van der Waals surface area contributed by atoms with Crippen LogP contribution in [-0.4, -0.2) is 26.7 Å². The van der Waals surface area contributed by atoms with Crippen molar-refractivity contribution < 1.29 is 9.13 Å². The van der Waals surface area contributed by atoms with E-state index in [9.17, 15) is 4.39 Å². The molecule has 0 aromatic heterocycles. The highest BCUT2D eigenvalue weighted by Gasteiger charge is 2.41. The molecule has 1 aromatic carbocycles. The Hall–Kier alpha value is -1.13. The molecule has 1 aromatic rings. The third kappa shape index (κ3) is 3.91. The summed E-state index contributed by atoms with van der Waals surface area (Å²) >= 11 is 0. The van der Waals surface area contributed by atoms with Crippen LogP contribution in [0.5, 0.6) is 5.75 Å². The summed E-state index contributed by atoms with van der Waals surface area (Å²) in [6.07, 6.45) is 2.55. The topological polar surface area (TPSA) is 33.3 Å². The molecule has 0 bridgehead atoms. The number of rotatable bonds is 8. The Morgan fingerprint density at radius 3 is 2.68 bits per heavy atom. The van der Waals surface area contributed by atoms with Gasteiger partial charge in [-0.15, -0.1) is 0 Å². The van der Waals surface area contributed by atoms with E-state index in [1.54, 1.807) is 12.1 Å². The van der Waals surface area contributed by atoms with E-state index >= 15 is 0 Å². The lowest BCUT2D eigenvalue weighted by Crippen LogP contribution is -2.31. The first-order valence-corrected chi connectivity index (χ1v) is 6.96. The predicted octanol–water partition coefficient (Wildman–Crippen LogP) is 2.31. The van der Waals surface area contributed by atoms with Crippen LogP contribution in [-0.2, 0) is 6.54 Å². The molecular weight excluding hydrogens is 243 g/mol. The largest absolute Gasteiger partial charge is 0.491 e. The minimum atomic E-state index is -0.280. The first-order valence-electron chi connectivity index (χ1n) is 6.96. The first kappa shape index (κ1) is 14.3. The molecule has 4 heteroatoms. The van der Waals surface area contributed by atoms with Crippen LogP contribution in [0.4, 0.5) is 4.39 Å². The van der Waals surface area contributed by atoms with E-state index in [1.165, 1.54) is 12.8 Å². The van der Waals surface area contributed by atoms with Gasteiger partial charge in [0.1, 0.15) is 0 Å². The summed E-state index contributed by atoms with van der Waals surface area (Å²) < 4.78 is 18.9. The van der Waals surface area contributed by atoms with E-state index < -0.39 is 0 Å². The van der Waals surface area contributed by atoms with Gasteiger partial charge in [0, 0.05) is 19.6 Å². The molecule has 0 aliphatic heterocycles. The van der Waals surface area contributed by atoms with Crippen molar-refractivity contribution >= 4 is 0 Å².